The van der Waals surface area contributed by atoms with Gasteiger partial charge in [0.05, 0.1) is 5.92 Å². The van der Waals surface area contributed by atoms with E-state index in [0.29, 0.717) is 18.5 Å². The Morgan fingerprint density at radius 2 is 2.20 bits per heavy atom. The Morgan fingerprint density at radius 1 is 1.53 bits per heavy atom. The molecule has 15 heavy (non-hydrogen) atoms. The van der Waals surface area contributed by atoms with Crippen molar-refractivity contribution in [3.05, 3.63) is 11.9 Å². The molecule has 1 atom stereocenters. The average Bonchev–Trinajstić information content (AvgIpc) is 2.14. The standard InChI is InChI=1S/C10H15N3O2/c1-6(2)12-5-8(11)7-3-4-9(14)13-10(7)15/h5,7H,3-4,11H2,1-2H3,(H,13,14,15)/b8-5-. The van der Waals surface area contributed by atoms with Gasteiger partial charge in [-0.3, -0.25) is 19.9 Å². The summed E-state index contributed by atoms with van der Waals surface area (Å²) in [6.45, 7) is 3.68. The number of amides is 2. The molecule has 3 N–H and O–H groups in total. The van der Waals surface area contributed by atoms with Crippen LogP contribution in [0.1, 0.15) is 26.7 Å². The molecule has 1 fully saturated rings. The summed E-state index contributed by atoms with van der Waals surface area (Å²) in [4.78, 5) is 26.3. The van der Waals surface area contributed by atoms with Crippen molar-refractivity contribution in [1.29, 1.82) is 0 Å². The summed E-state index contributed by atoms with van der Waals surface area (Å²) >= 11 is 0. The van der Waals surface area contributed by atoms with Gasteiger partial charge in [-0.05, 0) is 20.3 Å². The number of hydrogen-bond donors (Lipinski definition) is 2. The maximum Gasteiger partial charge on any atom is 0.235 e. The van der Waals surface area contributed by atoms with Crippen molar-refractivity contribution in [3.63, 3.8) is 0 Å². The summed E-state index contributed by atoms with van der Waals surface area (Å²) in [5, 5.41) is 2.25. The highest BCUT2D eigenvalue weighted by Crippen LogP contribution is 2.17. The molecule has 0 saturated carbocycles. The Labute approximate surface area is 88.4 Å². The maximum absolute atomic E-state index is 11.4. The minimum atomic E-state index is -0.425. The van der Waals surface area contributed by atoms with Crippen molar-refractivity contribution in [2.45, 2.75) is 26.7 Å². The normalized spacial score (nSPS) is 22.3. The summed E-state index contributed by atoms with van der Waals surface area (Å²) in [6.07, 6.45) is 2.28. The molecule has 82 valence electrons. The second kappa shape index (κ2) is 4.72. The van der Waals surface area contributed by atoms with Gasteiger partial charge in [0.1, 0.15) is 0 Å². The van der Waals surface area contributed by atoms with Crippen molar-refractivity contribution >= 4 is 17.5 Å². The third kappa shape index (κ3) is 3.19. The monoisotopic (exact) mass is 209 g/mol. The number of aliphatic imine (C=N–C) groups is 1. The molecule has 0 bridgehead atoms. The van der Waals surface area contributed by atoms with Crippen LogP contribution in [-0.4, -0.2) is 17.5 Å². The Morgan fingerprint density at radius 3 is 2.73 bits per heavy atom. The quantitative estimate of drug-likeness (QED) is 0.507. The summed E-state index contributed by atoms with van der Waals surface area (Å²) in [5.74, 6) is -0.992. The van der Waals surface area contributed by atoms with Crippen LogP contribution in [0.3, 0.4) is 0 Å². The second-order valence-electron chi connectivity index (χ2n) is 3.71. The van der Waals surface area contributed by atoms with Crippen LogP contribution in [0.15, 0.2) is 16.9 Å². The summed E-state index contributed by atoms with van der Waals surface area (Å²) in [5.41, 5.74) is 6.98. The first-order valence-electron chi connectivity index (χ1n) is 4.81. The van der Waals surface area contributed by atoms with Crippen LogP contribution in [0, 0.1) is 5.92 Å². The highest BCUT2D eigenvalue weighted by atomic mass is 16.2. The van der Waals surface area contributed by atoms with Crippen LogP contribution in [0.2, 0.25) is 0 Å². The number of piperidine rings is 1. The van der Waals surface area contributed by atoms with Gasteiger partial charge < -0.3 is 5.73 Å². The molecule has 1 aliphatic heterocycles. The van der Waals surface area contributed by atoms with Crippen LogP contribution < -0.4 is 11.1 Å². The van der Waals surface area contributed by atoms with E-state index in [-0.39, 0.29) is 11.8 Å². The summed E-state index contributed by atoms with van der Waals surface area (Å²) < 4.78 is 0. The molecule has 1 unspecified atom stereocenters. The van der Waals surface area contributed by atoms with Gasteiger partial charge in [0, 0.05) is 24.0 Å². The lowest BCUT2D eigenvalue weighted by molar-refractivity contribution is -0.135. The fraction of sp³-hybridized carbons (Fsp3) is 0.500. The zero-order valence-electron chi connectivity index (χ0n) is 8.91. The number of nitrogens with zero attached hydrogens (tertiary/aromatic N) is 1. The van der Waals surface area contributed by atoms with E-state index in [1.807, 2.05) is 13.8 Å². The van der Waals surface area contributed by atoms with E-state index in [2.05, 4.69) is 10.3 Å². The van der Waals surface area contributed by atoms with E-state index in [9.17, 15) is 9.59 Å². The van der Waals surface area contributed by atoms with E-state index in [1.165, 1.54) is 6.20 Å². The van der Waals surface area contributed by atoms with E-state index in [1.54, 1.807) is 0 Å². The summed E-state index contributed by atoms with van der Waals surface area (Å²) in [7, 11) is 0. The lowest BCUT2D eigenvalue weighted by Crippen LogP contribution is -2.42. The number of imide groups is 1. The highest BCUT2D eigenvalue weighted by Gasteiger charge is 2.28. The van der Waals surface area contributed by atoms with E-state index in [4.69, 9.17) is 5.73 Å². The Balaban J connectivity index is 2.72. The number of carbonyl (C=O) groups is 2. The molecule has 1 heterocycles. The van der Waals surface area contributed by atoms with E-state index >= 15 is 0 Å². The molecule has 5 nitrogen and oxygen atoms in total. The number of hydrogen-bond acceptors (Lipinski definition) is 4. The van der Waals surface area contributed by atoms with Crippen molar-refractivity contribution < 1.29 is 9.59 Å². The van der Waals surface area contributed by atoms with Crippen molar-refractivity contribution in [1.82, 2.24) is 5.32 Å². The molecular formula is C10H15N3O2. The highest BCUT2D eigenvalue weighted by molar-refractivity contribution is 5.99. The molecule has 1 saturated heterocycles. The first-order valence-corrected chi connectivity index (χ1v) is 4.81. The molecule has 2 amide bonds. The van der Waals surface area contributed by atoms with Gasteiger partial charge in [-0.2, -0.15) is 0 Å². The van der Waals surface area contributed by atoms with Crippen molar-refractivity contribution in [3.8, 4) is 0 Å². The molecule has 0 spiro atoms. The van der Waals surface area contributed by atoms with Gasteiger partial charge in [0.2, 0.25) is 11.8 Å². The molecule has 0 aromatic carbocycles. The van der Waals surface area contributed by atoms with Crippen molar-refractivity contribution in [2.24, 2.45) is 16.6 Å². The van der Waals surface area contributed by atoms with Gasteiger partial charge >= 0.3 is 0 Å². The zero-order valence-corrected chi connectivity index (χ0v) is 8.91. The van der Waals surface area contributed by atoms with Gasteiger partial charge in [0.25, 0.3) is 0 Å². The topological polar surface area (TPSA) is 84.5 Å². The molecule has 5 heteroatoms. The molecule has 0 aromatic rings. The average molecular weight is 209 g/mol. The first-order chi connectivity index (χ1) is 7.00. The Bertz CT molecular complexity index is 341. The Kier molecular flexibility index (Phi) is 3.60. The molecule has 0 aliphatic carbocycles. The lowest BCUT2D eigenvalue weighted by atomic mass is 9.95. The van der Waals surface area contributed by atoms with Crippen LogP contribution in [0.4, 0.5) is 0 Å². The molecule has 1 rings (SSSR count). The largest absolute Gasteiger partial charge is 0.400 e. The van der Waals surface area contributed by atoms with E-state index in [0.717, 1.165) is 5.71 Å². The Hall–Kier alpha value is -1.65. The number of nitrogens with two attached hydrogens (primary N) is 1. The molecule has 0 aromatic heterocycles. The third-order valence-corrected chi connectivity index (χ3v) is 2.11. The maximum atomic E-state index is 11.4. The smallest absolute Gasteiger partial charge is 0.235 e. The first kappa shape index (κ1) is 11.4. The summed E-state index contributed by atoms with van der Waals surface area (Å²) in [6, 6.07) is 0. The SMILES string of the molecule is CC(C)=N/C=C(\N)C1CCC(=O)NC1=O. The number of nitrogens with one attached hydrogen (secondary N) is 1. The minimum absolute atomic E-state index is 0.237. The zero-order chi connectivity index (χ0) is 11.4. The predicted molar refractivity (Wildman–Crippen MR) is 56.9 cm³/mol. The van der Waals surface area contributed by atoms with Crippen LogP contribution >= 0.6 is 0 Å². The van der Waals surface area contributed by atoms with Crippen LogP contribution in [-0.2, 0) is 9.59 Å². The van der Waals surface area contributed by atoms with Gasteiger partial charge in [-0.15, -0.1) is 0 Å². The fourth-order valence-electron chi connectivity index (χ4n) is 1.31. The third-order valence-electron chi connectivity index (χ3n) is 2.11. The number of carbonyl (C=O) groups excluding carboxylic acids is 2. The van der Waals surface area contributed by atoms with Gasteiger partial charge in [0.15, 0.2) is 0 Å². The van der Waals surface area contributed by atoms with Gasteiger partial charge in [-0.1, -0.05) is 0 Å². The van der Waals surface area contributed by atoms with Gasteiger partial charge in [-0.25, -0.2) is 0 Å². The molecular weight excluding hydrogens is 194 g/mol. The molecule has 0 radical (unpaired) electrons. The second-order valence-corrected chi connectivity index (χ2v) is 3.71. The number of rotatable bonds is 2. The lowest BCUT2D eigenvalue weighted by Gasteiger charge is -2.20. The van der Waals surface area contributed by atoms with Crippen molar-refractivity contribution in [2.75, 3.05) is 0 Å². The molecule has 1 aliphatic rings. The van der Waals surface area contributed by atoms with Crippen LogP contribution in [0.5, 0.6) is 0 Å². The fourth-order valence-corrected chi connectivity index (χ4v) is 1.31. The minimum Gasteiger partial charge on any atom is -0.400 e. The predicted octanol–water partition coefficient (Wildman–Crippen LogP) is 0.320. The van der Waals surface area contributed by atoms with Crippen LogP contribution in [0.25, 0.3) is 0 Å². The van der Waals surface area contributed by atoms with E-state index < -0.39 is 5.92 Å².